The van der Waals surface area contributed by atoms with E-state index >= 15 is 0 Å². The van der Waals surface area contributed by atoms with Gasteiger partial charge in [-0.15, -0.1) is 0 Å². The van der Waals surface area contributed by atoms with Crippen molar-refractivity contribution in [1.82, 2.24) is 15.0 Å². The van der Waals surface area contributed by atoms with Gasteiger partial charge in [-0.05, 0) is 42.7 Å². The molecule has 1 saturated heterocycles. The molecule has 0 unspecified atom stereocenters. The molecule has 1 fully saturated rings. The zero-order valence-corrected chi connectivity index (χ0v) is 16.4. The van der Waals surface area contributed by atoms with Crippen LogP contribution in [0.15, 0.2) is 41.4 Å². The standard InChI is InChI=1S/C19H23FN4O3S/c1-2-23-28(26,27)15-6-7-17(20)16(11-15)19(25)22-13-14-5-8-18(21-12-14)24-9-3-4-10-24/h5-8,11-12,23H,2-4,9-10,13H2,1H3,(H,22,25). The van der Waals surface area contributed by atoms with Crippen molar-refractivity contribution in [3.05, 3.63) is 53.5 Å². The first kappa shape index (κ1) is 20.2. The van der Waals surface area contributed by atoms with E-state index in [9.17, 15) is 17.6 Å². The molecule has 1 aliphatic heterocycles. The third-order valence-electron chi connectivity index (χ3n) is 4.52. The Morgan fingerprint density at radius 2 is 1.96 bits per heavy atom. The summed E-state index contributed by atoms with van der Waals surface area (Å²) < 4.78 is 40.5. The maximum absolute atomic E-state index is 14.1. The lowest BCUT2D eigenvalue weighted by atomic mass is 10.2. The minimum atomic E-state index is -3.77. The second-order valence-electron chi connectivity index (χ2n) is 6.54. The number of amides is 1. The van der Waals surface area contributed by atoms with Gasteiger partial charge in [-0.3, -0.25) is 4.79 Å². The van der Waals surface area contributed by atoms with Gasteiger partial charge < -0.3 is 10.2 Å². The summed E-state index contributed by atoms with van der Waals surface area (Å²) in [6, 6.07) is 6.91. The molecule has 1 aromatic carbocycles. The molecule has 0 saturated carbocycles. The molecule has 28 heavy (non-hydrogen) atoms. The fourth-order valence-electron chi connectivity index (χ4n) is 3.05. The van der Waals surface area contributed by atoms with Crippen molar-refractivity contribution in [2.75, 3.05) is 24.5 Å². The molecule has 0 bridgehead atoms. The van der Waals surface area contributed by atoms with Gasteiger partial charge in [0.1, 0.15) is 11.6 Å². The zero-order chi connectivity index (χ0) is 20.1. The molecule has 0 aliphatic carbocycles. The van der Waals surface area contributed by atoms with Crippen LogP contribution < -0.4 is 14.9 Å². The topological polar surface area (TPSA) is 91.4 Å². The van der Waals surface area contributed by atoms with Crippen molar-refractivity contribution >= 4 is 21.7 Å². The summed E-state index contributed by atoms with van der Waals surface area (Å²) in [5.41, 5.74) is 0.453. The quantitative estimate of drug-likeness (QED) is 0.734. The highest BCUT2D eigenvalue weighted by atomic mass is 32.2. The lowest BCUT2D eigenvalue weighted by Crippen LogP contribution is -2.26. The summed E-state index contributed by atoms with van der Waals surface area (Å²) in [7, 11) is -3.77. The summed E-state index contributed by atoms with van der Waals surface area (Å²) in [4.78, 5) is 18.8. The van der Waals surface area contributed by atoms with Crippen LogP contribution in [-0.2, 0) is 16.6 Å². The van der Waals surface area contributed by atoms with E-state index in [2.05, 4.69) is 19.9 Å². The van der Waals surface area contributed by atoms with Crippen LogP contribution in [-0.4, -0.2) is 38.9 Å². The molecule has 0 atom stereocenters. The molecule has 0 radical (unpaired) electrons. The SMILES string of the molecule is CCNS(=O)(=O)c1ccc(F)c(C(=O)NCc2ccc(N3CCCC3)nc2)c1. The van der Waals surface area contributed by atoms with Gasteiger partial charge in [0.15, 0.2) is 0 Å². The number of hydrogen-bond donors (Lipinski definition) is 2. The average molecular weight is 406 g/mol. The third-order valence-corrected chi connectivity index (χ3v) is 6.06. The molecule has 3 rings (SSSR count). The monoisotopic (exact) mass is 406 g/mol. The minimum Gasteiger partial charge on any atom is -0.357 e. The van der Waals surface area contributed by atoms with E-state index in [-0.39, 0.29) is 23.5 Å². The third kappa shape index (κ3) is 4.66. The second kappa shape index (κ2) is 8.66. The van der Waals surface area contributed by atoms with Crippen LogP contribution in [0.4, 0.5) is 10.2 Å². The number of nitrogens with zero attached hydrogens (tertiary/aromatic N) is 2. The van der Waals surface area contributed by atoms with E-state index in [0.717, 1.165) is 55.5 Å². The van der Waals surface area contributed by atoms with Crippen LogP contribution in [0.2, 0.25) is 0 Å². The van der Waals surface area contributed by atoms with Gasteiger partial charge >= 0.3 is 0 Å². The first-order chi connectivity index (χ1) is 13.4. The molecular weight excluding hydrogens is 383 g/mol. The van der Waals surface area contributed by atoms with E-state index < -0.39 is 21.7 Å². The highest BCUT2D eigenvalue weighted by molar-refractivity contribution is 7.89. The van der Waals surface area contributed by atoms with Crippen molar-refractivity contribution in [2.24, 2.45) is 0 Å². The van der Waals surface area contributed by atoms with Gasteiger partial charge in [0.05, 0.1) is 10.5 Å². The number of carbonyl (C=O) groups is 1. The summed E-state index contributed by atoms with van der Waals surface area (Å²) in [5, 5.41) is 2.61. The predicted octanol–water partition coefficient (Wildman–Crippen LogP) is 2.05. The maximum Gasteiger partial charge on any atom is 0.254 e. The molecule has 0 spiro atoms. The van der Waals surface area contributed by atoms with Gasteiger partial charge in [-0.1, -0.05) is 13.0 Å². The lowest BCUT2D eigenvalue weighted by Gasteiger charge is -2.16. The number of sulfonamides is 1. The largest absolute Gasteiger partial charge is 0.357 e. The number of anilines is 1. The van der Waals surface area contributed by atoms with Crippen LogP contribution in [0.3, 0.4) is 0 Å². The van der Waals surface area contributed by atoms with Crippen molar-refractivity contribution in [1.29, 1.82) is 0 Å². The summed E-state index contributed by atoms with van der Waals surface area (Å²) in [5.74, 6) is -0.565. The molecule has 1 amide bonds. The Morgan fingerprint density at radius 1 is 1.21 bits per heavy atom. The fourth-order valence-corrected chi connectivity index (χ4v) is 4.12. The van der Waals surface area contributed by atoms with Gasteiger partial charge in [-0.25, -0.2) is 22.5 Å². The maximum atomic E-state index is 14.1. The number of halogens is 1. The fraction of sp³-hybridized carbons (Fsp3) is 0.368. The Bertz CT molecular complexity index is 942. The van der Waals surface area contributed by atoms with Crippen molar-refractivity contribution < 1.29 is 17.6 Å². The lowest BCUT2D eigenvalue weighted by molar-refractivity contribution is 0.0946. The van der Waals surface area contributed by atoms with E-state index in [4.69, 9.17) is 0 Å². The minimum absolute atomic E-state index is 0.155. The number of benzene rings is 1. The van der Waals surface area contributed by atoms with Crippen molar-refractivity contribution in [3.63, 3.8) is 0 Å². The molecule has 2 aromatic rings. The van der Waals surface area contributed by atoms with Gasteiger partial charge in [0, 0.05) is 32.4 Å². The number of nitrogens with one attached hydrogen (secondary N) is 2. The Hall–Kier alpha value is -2.52. The average Bonchev–Trinajstić information content (AvgIpc) is 3.21. The Morgan fingerprint density at radius 3 is 2.61 bits per heavy atom. The van der Waals surface area contributed by atoms with Gasteiger partial charge in [0.2, 0.25) is 10.0 Å². The van der Waals surface area contributed by atoms with Crippen LogP contribution in [0.1, 0.15) is 35.7 Å². The Labute approximate surface area is 164 Å². The summed E-state index contributed by atoms with van der Waals surface area (Å²) in [6.07, 6.45) is 4.00. The molecule has 2 N–H and O–H groups in total. The Kier molecular flexibility index (Phi) is 6.25. The van der Waals surface area contributed by atoms with E-state index in [0.29, 0.717) is 0 Å². The molecule has 7 nitrogen and oxygen atoms in total. The highest BCUT2D eigenvalue weighted by Crippen LogP contribution is 2.18. The molecule has 2 heterocycles. The summed E-state index contributed by atoms with van der Waals surface area (Å²) in [6.45, 7) is 3.98. The van der Waals surface area contributed by atoms with Crippen LogP contribution in [0, 0.1) is 5.82 Å². The number of carbonyl (C=O) groups excluding carboxylic acids is 1. The van der Waals surface area contributed by atoms with Crippen LogP contribution in [0.5, 0.6) is 0 Å². The van der Waals surface area contributed by atoms with Crippen molar-refractivity contribution in [2.45, 2.75) is 31.2 Å². The number of aromatic nitrogens is 1. The number of rotatable bonds is 7. The van der Waals surface area contributed by atoms with E-state index in [1.165, 1.54) is 0 Å². The number of pyridine rings is 1. The molecule has 1 aromatic heterocycles. The zero-order valence-electron chi connectivity index (χ0n) is 15.6. The smallest absolute Gasteiger partial charge is 0.254 e. The first-order valence-corrected chi connectivity index (χ1v) is 10.7. The second-order valence-corrected chi connectivity index (χ2v) is 8.31. The predicted molar refractivity (Wildman–Crippen MR) is 104 cm³/mol. The van der Waals surface area contributed by atoms with Crippen LogP contribution >= 0.6 is 0 Å². The normalized spacial score (nSPS) is 14.3. The van der Waals surface area contributed by atoms with Gasteiger partial charge in [-0.2, -0.15) is 0 Å². The van der Waals surface area contributed by atoms with E-state index in [1.807, 2.05) is 12.1 Å². The Balaban J connectivity index is 1.67. The van der Waals surface area contributed by atoms with Gasteiger partial charge in [0.25, 0.3) is 5.91 Å². The van der Waals surface area contributed by atoms with Crippen molar-refractivity contribution in [3.8, 4) is 0 Å². The molecule has 1 aliphatic rings. The first-order valence-electron chi connectivity index (χ1n) is 9.18. The highest BCUT2D eigenvalue weighted by Gasteiger charge is 2.19. The molecule has 150 valence electrons. The molecule has 9 heteroatoms. The van der Waals surface area contributed by atoms with Crippen LogP contribution in [0.25, 0.3) is 0 Å². The number of hydrogen-bond acceptors (Lipinski definition) is 5. The molecular formula is C19H23FN4O3S. The summed E-state index contributed by atoms with van der Waals surface area (Å²) >= 11 is 0. The van der Waals surface area contributed by atoms with E-state index in [1.54, 1.807) is 13.1 Å².